The SMILES string of the molecule is COc1ccc(C)cc1NCC1CC(F)(F)C(=O)O1. The van der Waals surface area contributed by atoms with Crippen LogP contribution in [0.4, 0.5) is 14.5 Å². The van der Waals surface area contributed by atoms with Crippen LogP contribution in [0.2, 0.25) is 0 Å². The van der Waals surface area contributed by atoms with Crippen molar-refractivity contribution in [1.29, 1.82) is 0 Å². The molecule has 0 spiro atoms. The lowest BCUT2D eigenvalue weighted by Gasteiger charge is -2.14. The van der Waals surface area contributed by atoms with Crippen LogP contribution < -0.4 is 10.1 Å². The molecule has 0 radical (unpaired) electrons. The fourth-order valence-electron chi connectivity index (χ4n) is 1.95. The number of hydrogen-bond acceptors (Lipinski definition) is 4. The van der Waals surface area contributed by atoms with Gasteiger partial charge in [-0.25, -0.2) is 4.79 Å². The number of aryl methyl sites for hydroxylation is 1. The largest absolute Gasteiger partial charge is 0.495 e. The first-order chi connectivity index (χ1) is 8.92. The number of carbonyl (C=O) groups excluding carboxylic acids is 1. The maximum absolute atomic E-state index is 13.0. The first kappa shape index (κ1) is 13.6. The maximum atomic E-state index is 13.0. The van der Waals surface area contributed by atoms with Crippen LogP contribution in [0.5, 0.6) is 5.75 Å². The van der Waals surface area contributed by atoms with Gasteiger partial charge < -0.3 is 14.8 Å². The Bertz CT molecular complexity index is 491. The van der Waals surface area contributed by atoms with Gasteiger partial charge in [0.2, 0.25) is 0 Å². The molecule has 19 heavy (non-hydrogen) atoms. The van der Waals surface area contributed by atoms with Gasteiger partial charge in [-0.2, -0.15) is 8.78 Å². The Balaban J connectivity index is 2.00. The third-order valence-electron chi connectivity index (χ3n) is 2.93. The summed E-state index contributed by atoms with van der Waals surface area (Å²) in [6.07, 6.45) is -1.42. The molecule has 1 unspecified atom stereocenters. The number of benzene rings is 1. The van der Waals surface area contributed by atoms with Crippen LogP contribution in [-0.4, -0.2) is 31.7 Å². The molecular weight excluding hydrogens is 256 g/mol. The number of nitrogens with one attached hydrogen (secondary N) is 1. The summed E-state index contributed by atoms with van der Waals surface area (Å²) in [5.74, 6) is -4.21. The number of halogens is 2. The summed E-state index contributed by atoms with van der Waals surface area (Å²) in [6.45, 7) is 2.04. The van der Waals surface area contributed by atoms with Crippen molar-refractivity contribution >= 4 is 11.7 Å². The zero-order valence-corrected chi connectivity index (χ0v) is 10.7. The first-order valence-corrected chi connectivity index (χ1v) is 5.90. The van der Waals surface area contributed by atoms with Crippen LogP contribution in [0, 0.1) is 6.92 Å². The Morgan fingerprint density at radius 1 is 1.53 bits per heavy atom. The molecule has 1 aromatic rings. The molecular formula is C13H15F2NO3. The lowest BCUT2D eigenvalue weighted by Crippen LogP contribution is -2.22. The van der Waals surface area contributed by atoms with Gasteiger partial charge in [0.05, 0.1) is 25.8 Å². The Labute approximate surface area is 109 Å². The number of rotatable bonds is 4. The van der Waals surface area contributed by atoms with Crippen LogP contribution >= 0.6 is 0 Å². The van der Waals surface area contributed by atoms with Gasteiger partial charge in [0, 0.05) is 0 Å². The number of ether oxygens (including phenoxy) is 2. The minimum absolute atomic E-state index is 0.126. The molecule has 4 nitrogen and oxygen atoms in total. The van der Waals surface area contributed by atoms with E-state index in [9.17, 15) is 13.6 Å². The molecule has 1 aliphatic rings. The van der Waals surface area contributed by atoms with E-state index in [1.54, 1.807) is 6.07 Å². The van der Waals surface area contributed by atoms with E-state index in [1.165, 1.54) is 7.11 Å². The molecule has 2 rings (SSSR count). The van der Waals surface area contributed by atoms with Crippen molar-refractivity contribution in [3.63, 3.8) is 0 Å². The molecule has 1 saturated heterocycles. The van der Waals surface area contributed by atoms with Crippen LogP contribution in [0.3, 0.4) is 0 Å². The number of anilines is 1. The predicted molar refractivity (Wildman–Crippen MR) is 65.7 cm³/mol. The Morgan fingerprint density at radius 3 is 2.84 bits per heavy atom. The number of hydrogen-bond donors (Lipinski definition) is 1. The lowest BCUT2D eigenvalue weighted by molar-refractivity contribution is -0.158. The molecule has 1 aliphatic heterocycles. The Kier molecular flexibility index (Phi) is 3.59. The van der Waals surface area contributed by atoms with Crippen molar-refractivity contribution in [3.8, 4) is 5.75 Å². The third kappa shape index (κ3) is 2.94. The van der Waals surface area contributed by atoms with E-state index < -0.39 is 24.4 Å². The number of cyclic esters (lactones) is 1. The standard InChI is InChI=1S/C13H15F2NO3/c1-8-3-4-11(18-2)10(5-8)16-7-9-6-13(14,15)12(17)19-9/h3-5,9,16H,6-7H2,1-2H3. The highest BCUT2D eigenvalue weighted by Gasteiger charge is 2.50. The second-order valence-corrected chi connectivity index (χ2v) is 4.52. The zero-order valence-electron chi connectivity index (χ0n) is 10.7. The van der Waals surface area contributed by atoms with E-state index in [-0.39, 0.29) is 6.54 Å². The molecule has 0 amide bonds. The van der Waals surface area contributed by atoms with Gasteiger partial charge in [-0.1, -0.05) is 6.07 Å². The third-order valence-corrected chi connectivity index (χ3v) is 2.93. The molecule has 1 heterocycles. The molecule has 0 saturated carbocycles. The van der Waals surface area contributed by atoms with Gasteiger partial charge in [0.25, 0.3) is 0 Å². The van der Waals surface area contributed by atoms with E-state index in [0.29, 0.717) is 11.4 Å². The Morgan fingerprint density at radius 2 is 2.26 bits per heavy atom. The highest BCUT2D eigenvalue weighted by atomic mass is 19.3. The van der Waals surface area contributed by atoms with Gasteiger partial charge >= 0.3 is 11.9 Å². The van der Waals surface area contributed by atoms with E-state index >= 15 is 0 Å². The van der Waals surface area contributed by atoms with Crippen molar-refractivity contribution in [2.45, 2.75) is 25.4 Å². The van der Waals surface area contributed by atoms with Crippen molar-refractivity contribution in [3.05, 3.63) is 23.8 Å². The zero-order chi connectivity index (χ0) is 14.0. The van der Waals surface area contributed by atoms with Crippen LogP contribution in [0.1, 0.15) is 12.0 Å². The first-order valence-electron chi connectivity index (χ1n) is 5.90. The number of alkyl halides is 2. The molecule has 1 atom stereocenters. The molecule has 1 N–H and O–H groups in total. The predicted octanol–water partition coefficient (Wildman–Crippen LogP) is 2.37. The highest BCUT2D eigenvalue weighted by molar-refractivity contribution is 5.79. The second-order valence-electron chi connectivity index (χ2n) is 4.52. The quantitative estimate of drug-likeness (QED) is 0.854. The highest BCUT2D eigenvalue weighted by Crippen LogP contribution is 2.32. The Hall–Kier alpha value is -1.85. The molecule has 0 aliphatic carbocycles. The summed E-state index contributed by atoms with van der Waals surface area (Å²) < 4.78 is 35.8. The van der Waals surface area contributed by atoms with Crippen LogP contribution in [0.25, 0.3) is 0 Å². The summed E-state index contributed by atoms with van der Waals surface area (Å²) in [4.78, 5) is 10.9. The molecule has 0 aromatic heterocycles. The lowest BCUT2D eigenvalue weighted by atomic mass is 10.1. The van der Waals surface area contributed by atoms with E-state index in [2.05, 4.69) is 10.1 Å². The number of methoxy groups -OCH3 is 1. The van der Waals surface area contributed by atoms with Gasteiger partial charge in [-0.3, -0.25) is 0 Å². The number of carbonyl (C=O) groups is 1. The normalized spacial score (nSPS) is 21.1. The van der Waals surface area contributed by atoms with Crippen LogP contribution in [0.15, 0.2) is 18.2 Å². The van der Waals surface area contributed by atoms with Gasteiger partial charge in [-0.15, -0.1) is 0 Å². The topological polar surface area (TPSA) is 47.6 Å². The van der Waals surface area contributed by atoms with E-state index in [1.807, 2.05) is 19.1 Å². The van der Waals surface area contributed by atoms with Gasteiger partial charge in [0.1, 0.15) is 11.9 Å². The van der Waals surface area contributed by atoms with E-state index in [0.717, 1.165) is 5.56 Å². The molecule has 104 valence electrons. The van der Waals surface area contributed by atoms with Crippen molar-refractivity contribution in [2.75, 3.05) is 19.0 Å². The minimum atomic E-state index is -3.37. The van der Waals surface area contributed by atoms with Crippen molar-refractivity contribution in [1.82, 2.24) is 0 Å². The summed E-state index contributed by atoms with van der Waals surface area (Å²) in [5.41, 5.74) is 1.70. The van der Waals surface area contributed by atoms with E-state index in [4.69, 9.17) is 4.74 Å². The summed E-state index contributed by atoms with van der Waals surface area (Å²) >= 11 is 0. The molecule has 0 bridgehead atoms. The van der Waals surface area contributed by atoms with Crippen molar-refractivity contribution in [2.24, 2.45) is 0 Å². The second kappa shape index (κ2) is 5.03. The summed E-state index contributed by atoms with van der Waals surface area (Å²) in [6, 6.07) is 5.51. The number of esters is 1. The smallest absolute Gasteiger partial charge is 0.377 e. The minimum Gasteiger partial charge on any atom is -0.495 e. The molecule has 1 fully saturated rings. The summed E-state index contributed by atoms with van der Waals surface area (Å²) in [7, 11) is 1.53. The molecule has 6 heteroatoms. The van der Waals surface area contributed by atoms with Crippen molar-refractivity contribution < 1.29 is 23.0 Å². The summed E-state index contributed by atoms with van der Waals surface area (Å²) in [5, 5.41) is 2.97. The molecule has 1 aromatic carbocycles. The van der Waals surface area contributed by atoms with Gasteiger partial charge in [-0.05, 0) is 24.6 Å². The average Bonchev–Trinajstić information content (AvgIpc) is 2.61. The average molecular weight is 271 g/mol. The maximum Gasteiger partial charge on any atom is 0.377 e. The monoisotopic (exact) mass is 271 g/mol. The van der Waals surface area contributed by atoms with Crippen LogP contribution in [-0.2, 0) is 9.53 Å². The van der Waals surface area contributed by atoms with Gasteiger partial charge in [0.15, 0.2) is 0 Å². The fraction of sp³-hybridized carbons (Fsp3) is 0.462. The fourth-order valence-corrected chi connectivity index (χ4v) is 1.95.